The third kappa shape index (κ3) is 4.63. The number of benzene rings is 5. The lowest BCUT2D eigenvalue weighted by molar-refractivity contribution is 1.50. The monoisotopic (exact) mass is 482 g/mol. The quantitative estimate of drug-likeness (QED) is 0.146. The van der Waals surface area contributed by atoms with Gasteiger partial charge in [0.1, 0.15) is 0 Å². The Kier molecular flexibility index (Phi) is 6.48. The molecule has 0 saturated carbocycles. The molecular weight excluding hydrogens is 464 g/mol. The summed E-state index contributed by atoms with van der Waals surface area (Å²) in [5, 5.41) is 22.7. The number of fused-ring (bicyclic) bond motifs is 2. The van der Waals surface area contributed by atoms with Crippen molar-refractivity contribution in [2.24, 2.45) is 0 Å². The number of nitriles is 2. The fraction of sp³-hybridized carbons (Fsp3) is 0. The van der Waals surface area contributed by atoms with Gasteiger partial charge >= 0.3 is 0 Å². The van der Waals surface area contributed by atoms with E-state index < -0.39 is 0 Å². The van der Waals surface area contributed by atoms with E-state index in [1.165, 1.54) is 0 Å². The summed E-state index contributed by atoms with van der Waals surface area (Å²) in [5.74, 6) is 0. The first kappa shape index (κ1) is 23.8. The fourth-order valence-corrected chi connectivity index (χ4v) is 4.58. The zero-order valence-corrected chi connectivity index (χ0v) is 20.2. The second-order valence-electron chi connectivity index (χ2n) is 8.66. The van der Waals surface area contributed by atoms with Crippen molar-refractivity contribution in [3.63, 3.8) is 0 Å². The molecule has 5 aromatic rings. The summed E-state index contributed by atoms with van der Waals surface area (Å²) in [6.07, 6.45) is 3.27. The van der Waals surface area contributed by atoms with Crippen LogP contribution in [-0.4, -0.2) is 0 Å². The normalized spacial score (nSPS) is 11.4. The Morgan fingerprint density at radius 3 is 1.26 bits per heavy atom. The van der Waals surface area contributed by atoms with Crippen LogP contribution in [0.4, 0.5) is 0 Å². The number of hydrogen-bond acceptors (Lipinski definition) is 2. The molecule has 0 bridgehead atoms. The number of allylic oxidation sites excluding steroid dienone is 2. The smallest absolute Gasteiger partial charge is 0.227 e. The Labute approximate surface area is 220 Å². The predicted molar refractivity (Wildman–Crippen MR) is 153 cm³/mol. The van der Waals surface area contributed by atoms with Crippen LogP contribution in [-0.2, 0) is 0 Å². The molecule has 0 N–H and O–H groups in total. The van der Waals surface area contributed by atoms with Gasteiger partial charge in [-0.3, -0.25) is 0 Å². The summed E-state index contributed by atoms with van der Waals surface area (Å²) in [6, 6.07) is 36.1. The molecule has 38 heavy (non-hydrogen) atoms. The predicted octanol–water partition coefficient (Wildman–Crippen LogP) is 8.89. The van der Waals surface area contributed by atoms with Crippen LogP contribution in [0.2, 0.25) is 0 Å². The standard InChI is InChI=1S/C34H18N4/c1-37-31(21-35)17-29-15-25-13-28-20-34(24-11-7-4-8-12-24)30(18-32(22-36)38-2)16-26(28)14-27(25)19-33(29)23-9-5-3-6-10-23/h3-20H/b31-17-,32-18+. The molecule has 0 aliphatic rings. The molecule has 5 aromatic carbocycles. The van der Waals surface area contributed by atoms with Crippen molar-refractivity contribution < 1.29 is 0 Å². The second kappa shape index (κ2) is 10.4. The van der Waals surface area contributed by atoms with Crippen LogP contribution in [0.1, 0.15) is 11.1 Å². The minimum absolute atomic E-state index is 0.0261. The SMILES string of the molecule is [C-]#[N+]/C(C#N)=C\c1cc2cc3cc(-c4ccccc4)c(/C=C(\C#N)[N+]#[C-])cc3cc2cc1-c1ccccc1. The Hall–Kier alpha value is -5.94. The van der Waals surface area contributed by atoms with Gasteiger partial charge in [0.15, 0.2) is 0 Å². The van der Waals surface area contributed by atoms with E-state index in [4.69, 9.17) is 13.1 Å². The van der Waals surface area contributed by atoms with Gasteiger partial charge in [0.05, 0.1) is 25.3 Å². The molecule has 0 atom stereocenters. The molecule has 174 valence electrons. The molecule has 0 unspecified atom stereocenters. The van der Waals surface area contributed by atoms with Crippen LogP contribution < -0.4 is 0 Å². The van der Waals surface area contributed by atoms with Crippen molar-refractivity contribution >= 4 is 33.7 Å². The van der Waals surface area contributed by atoms with Crippen molar-refractivity contribution in [3.05, 3.63) is 142 Å². The zero-order chi connectivity index (χ0) is 26.5. The third-order valence-corrected chi connectivity index (χ3v) is 6.36. The lowest BCUT2D eigenvalue weighted by Gasteiger charge is -2.13. The third-order valence-electron chi connectivity index (χ3n) is 6.36. The largest absolute Gasteiger partial charge is 0.262 e. The fourth-order valence-electron chi connectivity index (χ4n) is 4.58. The summed E-state index contributed by atoms with van der Waals surface area (Å²) in [5.41, 5.74) is 5.48. The molecule has 0 aliphatic carbocycles. The van der Waals surface area contributed by atoms with Gasteiger partial charge in [0, 0.05) is 0 Å². The van der Waals surface area contributed by atoms with Gasteiger partial charge in [0.25, 0.3) is 11.4 Å². The highest BCUT2D eigenvalue weighted by Crippen LogP contribution is 2.36. The Morgan fingerprint density at radius 1 is 0.553 bits per heavy atom. The minimum Gasteiger partial charge on any atom is -0.227 e. The van der Waals surface area contributed by atoms with Gasteiger partial charge in [-0.25, -0.2) is 20.2 Å². The molecular formula is C34H18N4. The average Bonchev–Trinajstić information content (AvgIpc) is 2.97. The molecule has 5 rings (SSSR count). The molecule has 0 aliphatic heterocycles. The molecule has 0 heterocycles. The molecule has 0 fully saturated rings. The number of nitrogens with zero attached hydrogens (tertiary/aromatic N) is 4. The summed E-state index contributed by atoms with van der Waals surface area (Å²) < 4.78 is 0. The Morgan fingerprint density at radius 2 is 0.921 bits per heavy atom. The average molecular weight is 483 g/mol. The highest BCUT2D eigenvalue weighted by atomic mass is 14.7. The van der Waals surface area contributed by atoms with Gasteiger partial charge in [-0.2, -0.15) is 0 Å². The van der Waals surface area contributed by atoms with E-state index in [-0.39, 0.29) is 11.4 Å². The van der Waals surface area contributed by atoms with Gasteiger partial charge in [0.2, 0.25) is 0 Å². The highest BCUT2D eigenvalue weighted by molar-refractivity contribution is 6.04. The molecule has 4 heteroatoms. The molecule has 0 amide bonds. The molecule has 4 nitrogen and oxygen atoms in total. The van der Waals surface area contributed by atoms with Crippen molar-refractivity contribution in [2.45, 2.75) is 0 Å². The van der Waals surface area contributed by atoms with Gasteiger partial charge in [-0.1, -0.05) is 60.7 Å². The highest BCUT2D eigenvalue weighted by Gasteiger charge is 2.12. The van der Waals surface area contributed by atoms with Gasteiger partial charge in [-0.15, -0.1) is 0 Å². The van der Waals surface area contributed by atoms with Crippen LogP contribution in [0.3, 0.4) is 0 Å². The molecule has 0 radical (unpaired) electrons. The van der Waals surface area contributed by atoms with Crippen LogP contribution in [0.25, 0.3) is 65.6 Å². The van der Waals surface area contributed by atoms with Gasteiger partial charge < -0.3 is 0 Å². The number of hydrogen-bond donors (Lipinski definition) is 0. The van der Waals surface area contributed by atoms with Crippen LogP contribution in [0.15, 0.2) is 108 Å². The second-order valence-corrected chi connectivity index (χ2v) is 8.66. The number of rotatable bonds is 4. The van der Waals surface area contributed by atoms with Crippen LogP contribution in [0, 0.1) is 35.8 Å². The summed E-state index contributed by atoms with van der Waals surface area (Å²) in [4.78, 5) is 6.72. The van der Waals surface area contributed by atoms with E-state index in [9.17, 15) is 10.5 Å². The maximum Gasteiger partial charge on any atom is 0.262 e. The first-order valence-electron chi connectivity index (χ1n) is 11.8. The van der Waals surface area contributed by atoms with E-state index in [1.807, 2.05) is 84.9 Å². The van der Waals surface area contributed by atoms with E-state index in [0.717, 1.165) is 54.9 Å². The molecule has 0 saturated heterocycles. The van der Waals surface area contributed by atoms with E-state index >= 15 is 0 Å². The van der Waals surface area contributed by atoms with Crippen molar-refractivity contribution in [1.82, 2.24) is 0 Å². The minimum atomic E-state index is 0.0261. The van der Waals surface area contributed by atoms with Crippen LogP contribution >= 0.6 is 0 Å². The topological polar surface area (TPSA) is 56.3 Å². The van der Waals surface area contributed by atoms with E-state index in [1.54, 1.807) is 12.2 Å². The summed E-state index contributed by atoms with van der Waals surface area (Å²) in [6.45, 7) is 14.7. The molecule has 0 aromatic heterocycles. The first-order valence-corrected chi connectivity index (χ1v) is 11.8. The first-order chi connectivity index (χ1) is 18.6. The maximum atomic E-state index is 9.39. The summed E-state index contributed by atoms with van der Waals surface area (Å²) >= 11 is 0. The zero-order valence-electron chi connectivity index (χ0n) is 20.2. The lowest BCUT2D eigenvalue weighted by Crippen LogP contribution is -1.89. The van der Waals surface area contributed by atoms with Crippen LogP contribution in [0.5, 0.6) is 0 Å². The summed E-state index contributed by atoms with van der Waals surface area (Å²) in [7, 11) is 0. The van der Waals surface area contributed by atoms with Gasteiger partial charge in [-0.05, 0) is 103 Å². The van der Waals surface area contributed by atoms with Crippen molar-refractivity contribution in [2.75, 3.05) is 0 Å². The maximum absolute atomic E-state index is 9.39. The Balaban J connectivity index is 1.82. The molecule has 0 spiro atoms. The van der Waals surface area contributed by atoms with Crippen molar-refractivity contribution in [3.8, 4) is 34.4 Å². The van der Waals surface area contributed by atoms with Crippen molar-refractivity contribution in [1.29, 1.82) is 10.5 Å². The van der Waals surface area contributed by atoms with E-state index in [2.05, 4.69) is 34.0 Å². The Bertz CT molecular complexity index is 1760. The lowest BCUT2D eigenvalue weighted by atomic mass is 9.91. The van der Waals surface area contributed by atoms with E-state index in [0.29, 0.717) is 0 Å².